The molecule has 0 aliphatic carbocycles. The highest BCUT2D eigenvalue weighted by atomic mass is 35.5. The van der Waals surface area contributed by atoms with Gasteiger partial charge in [-0.2, -0.15) is 13.2 Å². The van der Waals surface area contributed by atoms with E-state index in [0.29, 0.717) is 25.3 Å². The molecule has 1 aliphatic rings. The van der Waals surface area contributed by atoms with Crippen molar-refractivity contribution >= 4 is 24.0 Å². The Morgan fingerprint density at radius 2 is 2.10 bits per heavy atom. The van der Waals surface area contributed by atoms with Crippen molar-refractivity contribution < 1.29 is 27.1 Å². The zero-order chi connectivity index (χ0) is 14.8. The van der Waals surface area contributed by atoms with Crippen molar-refractivity contribution in [2.75, 3.05) is 25.0 Å². The third kappa shape index (κ3) is 4.55. The molecule has 0 spiro atoms. The van der Waals surface area contributed by atoms with Crippen LogP contribution in [0.3, 0.4) is 0 Å². The summed E-state index contributed by atoms with van der Waals surface area (Å²) >= 11 is 0. The van der Waals surface area contributed by atoms with Crippen molar-refractivity contribution in [2.45, 2.75) is 12.3 Å². The molecule has 9 heteroatoms. The van der Waals surface area contributed by atoms with E-state index in [0.717, 1.165) is 6.07 Å². The van der Waals surface area contributed by atoms with Crippen LogP contribution in [0.15, 0.2) is 18.2 Å². The van der Waals surface area contributed by atoms with Crippen LogP contribution in [0.2, 0.25) is 0 Å². The first-order valence-electron chi connectivity index (χ1n) is 5.88. The fourth-order valence-electron chi connectivity index (χ4n) is 1.78. The standard InChI is InChI=1S/C12H12F4N2O2.ClH/c13-9-2-1-7(5-8(9)12(14,15)16)18-11(19)10-6-17-3-4-20-10;/h1-2,5,10,17H,3-4,6H2,(H,18,19);1H. The Bertz CT molecular complexity index is 505. The maximum absolute atomic E-state index is 13.1. The quantitative estimate of drug-likeness (QED) is 0.818. The molecule has 0 bridgehead atoms. The van der Waals surface area contributed by atoms with E-state index >= 15 is 0 Å². The second kappa shape index (κ2) is 7.06. The Morgan fingerprint density at radius 1 is 1.38 bits per heavy atom. The number of ether oxygens (including phenoxy) is 1. The largest absolute Gasteiger partial charge is 0.419 e. The predicted molar refractivity (Wildman–Crippen MR) is 69.9 cm³/mol. The molecule has 4 nitrogen and oxygen atoms in total. The molecule has 2 rings (SSSR count). The van der Waals surface area contributed by atoms with Gasteiger partial charge in [-0.3, -0.25) is 4.79 Å². The number of alkyl halides is 3. The van der Waals surface area contributed by atoms with Gasteiger partial charge >= 0.3 is 6.18 Å². The lowest BCUT2D eigenvalue weighted by atomic mass is 10.1. The van der Waals surface area contributed by atoms with Gasteiger partial charge in [0.1, 0.15) is 11.9 Å². The van der Waals surface area contributed by atoms with E-state index < -0.39 is 29.6 Å². The molecular formula is C12H13ClF4N2O2. The summed E-state index contributed by atoms with van der Waals surface area (Å²) in [4.78, 5) is 11.8. The highest BCUT2D eigenvalue weighted by molar-refractivity contribution is 5.94. The topological polar surface area (TPSA) is 50.4 Å². The zero-order valence-corrected chi connectivity index (χ0v) is 11.5. The lowest BCUT2D eigenvalue weighted by molar-refractivity contribution is -0.140. The number of benzene rings is 1. The maximum Gasteiger partial charge on any atom is 0.419 e. The van der Waals surface area contributed by atoms with Crippen molar-refractivity contribution in [3.8, 4) is 0 Å². The molecule has 1 fully saturated rings. The van der Waals surface area contributed by atoms with Crippen LogP contribution in [0, 0.1) is 5.82 Å². The van der Waals surface area contributed by atoms with Crippen molar-refractivity contribution in [1.29, 1.82) is 0 Å². The molecule has 1 unspecified atom stereocenters. The van der Waals surface area contributed by atoms with E-state index in [4.69, 9.17) is 4.74 Å². The SMILES string of the molecule is Cl.O=C(Nc1ccc(F)c(C(F)(F)F)c1)C1CNCCO1. The molecule has 1 aromatic carbocycles. The van der Waals surface area contributed by atoms with Gasteiger partial charge in [-0.1, -0.05) is 0 Å². The molecular weight excluding hydrogens is 316 g/mol. The Morgan fingerprint density at radius 3 is 2.67 bits per heavy atom. The van der Waals surface area contributed by atoms with Gasteiger partial charge in [0.25, 0.3) is 5.91 Å². The first-order chi connectivity index (χ1) is 9.38. The molecule has 1 amide bonds. The maximum atomic E-state index is 13.1. The van der Waals surface area contributed by atoms with Gasteiger partial charge in [-0.25, -0.2) is 4.39 Å². The number of hydrogen-bond donors (Lipinski definition) is 2. The van der Waals surface area contributed by atoms with E-state index in [9.17, 15) is 22.4 Å². The van der Waals surface area contributed by atoms with Gasteiger partial charge in [0.15, 0.2) is 0 Å². The highest BCUT2D eigenvalue weighted by Gasteiger charge is 2.34. The second-order valence-electron chi connectivity index (χ2n) is 4.25. The lowest BCUT2D eigenvalue weighted by Crippen LogP contribution is -2.45. The summed E-state index contributed by atoms with van der Waals surface area (Å²) in [6.07, 6.45) is -5.59. The van der Waals surface area contributed by atoms with E-state index in [-0.39, 0.29) is 24.6 Å². The Kier molecular flexibility index (Phi) is 5.94. The highest BCUT2D eigenvalue weighted by Crippen LogP contribution is 2.33. The first kappa shape index (κ1) is 17.7. The minimum absolute atomic E-state index is 0. The number of rotatable bonds is 2. The summed E-state index contributed by atoms with van der Waals surface area (Å²) in [7, 11) is 0. The summed E-state index contributed by atoms with van der Waals surface area (Å²) in [6, 6.07) is 2.29. The summed E-state index contributed by atoms with van der Waals surface area (Å²) < 4.78 is 55.9. The zero-order valence-electron chi connectivity index (χ0n) is 10.7. The van der Waals surface area contributed by atoms with Crippen LogP contribution in [0.4, 0.5) is 23.2 Å². The Hall–Kier alpha value is -1.38. The molecule has 0 aromatic heterocycles. The molecule has 1 aromatic rings. The Labute approximate surface area is 124 Å². The number of carbonyl (C=O) groups excluding carboxylic acids is 1. The summed E-state index contributed by atoms with van der Waals surface area (Å²) in [5.41, 5.74) is -1.55. The minimum Gasteiger partial charge on any atom is -0.366 e. The van der Waals surface area contributed by atoms with Crippen LogP contribution in [0.1, 0.15) is 5.56 Å². The number of halogens is 5. The fourth-order valence-corrected chi connectivity index (χ4v) is 1.78. The van der Waals surface area contributed by atoms with Gasteiger partial charge in [0.2, 0.25) is 0 Å². The van der Waals surface area contributed by atoms with Crippen molar-refractivity contribution in [2.24, 2.45) is 0 Å². The molecule has 21 heavy (non-hydrogen) atoms. The number of anilines is 1. The summed E-state index contributed by atoms with van der Waals surface area (Å²) in [6.45, 7) is 1.23. The van der Waals surface area contributed by atoms with Crippen LogP contribution in [-0.2, 0) is 15.7 Å². The summed E-state index contributed by atoms with van der Waals surface area (Å²) in [5.74, 6) is -1.96. The smallest absolute Gasteiger partial charge is 0.366 e. The Balaban J connectivity index is 0.00000220. The third-order valence-electron chi connectivity index (χ3n) is 2.76. The van der Waals surface area contributed by atoms with Gasteiger partial charge in [-0.15, -0.1) is 12.4 Å². The average molecular weight is 329 g/mol. The van der Waals surface area contributed by atoms with Crippen LogP contribution < -0.4 is 10.6 Å². The normalized spacial score (nSPS) is 18.8. The van der Waals surface area contributed by atoms with Gasteiger partial charge < -0.3 is 15.4 Å². The number of amides is 1. The molecule has 0 saturated carbocycles. The molecule has 2 N–H and O–H groups in total. The lowest BCUT2D eigenvalue weighted by Gasteiger charge is -2.22. The predicted octanol–water partition coefficient (Wildman–Crippen LogP) is 2.19. The van der Waals surface area contributed by atoms with E-state index in [1.54, 1.807) is 0 Å². The molecule has 1 atom stereocenters. The number of carbonyl (C=O) groups is 1. The van der Waals surface area contributed by atoms with Crippen molar-refractivity contribution in [3.63, 3.8) is 0 Å². The molecule has 0 radical (unpaired) electrons. The third-order valence-corrected chi connectivity index (χ3v) is 2.76. The van der Waals surface area contributed by atoms with Gasteiger partial charge in [0.05, 0.1) is 12.2 Å². The van der Waals surface area contributed by atoms with Gasteiger partial charge in [0, 0.05) is 18.8 Å². The number of morpholine rings is 1. The fraction of sp³-hybridized carbons (Fsp3) is 0.417. The molecule has 1 aliphatic heterocycles. The molecule has 118 valence electrons. The average Bonchev–Trinajstić information content (AvgIpc) is 2.40. The van der Waals surface area contributed by atoms with E-state index in [2.05, 4.69) is 10.6 Å². The monoisotopic (exact) mass is 328 g/mol. The van der Waals surface area contributed by atoms with E-state index in [1.807, 2.05) is 0 Å². The molecule has 1 heterocycles. The number of nitrogens with one attached hydrogen (secondary N) is 2. The van der Waals surface area contributed by atoms with E-state index in [1.165, 1.54) is 0 Å². The van der Waals surface area contributed by atoms with Crippen LogP contribution >= 0.6 is 12.4 Å². The van der Waals surface area contributed by atoms with Crippen molar-refractivity contribution in [1.82, 2.24) is 5.32 Å². The first-order valence-corrected chi connectivity index (χ1v) is 5.88. The van der Waals surface area contributed by atoms with Crippen LogP contribution in [-0.4, -0.2) is 31.7 Å². The van der Waals surface area contributed by atoms with Crippen LogP contribution in [0.5, 0.6) is 0 Å². The second-order valence-corrected chi connectivity index (χ2v) is 4.25. The number of hydrogen-bond acceptors (Lipinski definition) is 3. The van der Waals surface area contributed by atoms with Crippen LogP contribution in [0.25, 0.3) is 0 Å². The summed E-state index contributed by atoms with van der Waals surface area (Å²) in [5, 5.41) is 5.20. The molecule has 1 saturated heterocycles. The minimum atomic E-state index is -4.81. The van der Waals surface area contributed by atoms with Gasteiger partial charge in [-0.05, 0) is 18.2 Å². The van der Waals surface area contributed by atoms with Crippen molar-refractivity contribution in [3.05, 3.63) is 29.6 Å².